The first kappa shape index (κ1) is 7.25. The molecule has 13 heavy (non-hydrogen) atoms. The van der Waals surface area contributed by atoms with Crippen LogP contribution in [0.15, 0.2) is 23.3 Å². The summed E-state index contributed by atoms with van der Waals surface area (Å²) < 4.78 is 0. The van der Waals surface area contributed by atoms with Gasteiger partial charge >= 0.3 is 0 Å². The molecule has 3 aliphatic carbocycles. The molecule has 0 aliphatic heterocycles. The highest BCUT2D eigenvalue weighted by molar-refractivity contribution is 6.21. The second-order valence-electron chi connectivity index (χ2n) is 4.10. The first-order valence-corrected chi connectivity index (χ1v) is 4.78. The molecule has 1 fully saturated rings. The summed E-state index contributed by atoms with van der Waals surface area (Å²) in [6.07, 6.45) is 6.13. The Kier molecular flexibility index (Phi) is 1.22. The molecule has 3 aliphatic rings. The molecule has 0 saturated heterocycles. The van der Waals surface area contributed by atoms with Crippen LogP contribution in [-0.2, 0) is 9.59 Å². The average molecular weight is 174 g/mol. The quantitative estimate of drug-likeness (QED) is 0.520. The smallest absolute Gasteiger partial charge is 0.182 e. The summed E-state index contributed by atoms with van der Waals surface area (Å²) in [6, 6.07) is 0. The Morgan fingerprint density at radius 3 is 1.85 bits per heavy atom. The molecule has 0 amide bonds. The highest BCUT2D eigenvalue weighted by Crippen LogP contribution is 2.50. The van der Waals surface area contributed by atoms with Crippen molar-refractivity contribution in [1.29, 1.82) is 0 Å². The van der Waals surface area contributed by atoms with Gasteiger partial charge in [0.25, 0.3) is 0 Å². The van der Waals surface area contributed by atoms with Gasteiger partial charge in [-0.1, -0.05) is 0 Å². The SMILES string of the molecule is O=C1C=CC(=O)C2=C1C1CCC2C1. The summed E-state index contributed by atoms with van der Waals surface area (Å²) in [7, 11) is 0. The first-order valence-electron chi connectivity index (χ1n) is 4.78. The van der Waals surface area contributed by atoms with Gasteiger partial charge in [-0.05, 0) is 43.3 Å². The van der Waals surface area contributed by atoms with E-state index >= 15 is 0 Å². The van der Waals surface area contributed by atoms with Gasteiger partial charge in [-0.25, -0.2) is 0 Å². The fourth-order valence-corrected chi connectivity index (χ4v) is 2.94. The predicted molar refractivity (Wildman–Crippen MR) is 47.0 cm³/mol. The molecule has 1 saturated carbocycles. The fourth-order valence-electron chi connectivity index (χ4n) is 2.94. The van der Waals surface area contributed by atoms with Crippen LogP contribution < -0.4 is 0 Å². The number of hydrogen-bond acceptors (Lipinski definition) is 2. The zero-order valence-corrected chi connectivity index (χ0v) is 7.25. The van der Waals surface area contributed by atoms with E-state index in [1.54, 1.807) is 0 Å². The monoisotopic (exact) mass is 174 g/mol. The van der Waals surface area contributed by atoms with Crippen molar-refractivity contribution in [2.75, 3.05) is 0 Å². The van der Waals surface area contributed by atoms with Crippen molar-refractivity contribution in [3.8, 4) is 0 Å². The molecular formula is C11H10O2. The minimum absolute atomic E-state index is 0.0850. The van der Waals surface area contributed by atoms with Gasteiger partial charge in [0.2, 0.25) is 0 Å². The van der Waals surface area contributed by atoms with Gasteiger partial charge in [0.1, 0.15) is 0 Å². The number of rotatable bonds is 0. The lowest BCUT2D eigenvalue weighted by Gasteiger charge is -2.18. The standard InChI is InChI=1S/C11H10O2/c12-8-3-4-9(13)11-7-2-1-6(5-7)10(8)11/h3-4,6-7H,1-2,5H2. The van der Waals surface area contributed by atoms with Gasteiger partial charge in [-0.3, -0.25) is 9.59 Å². The molecule has 0 spiro atoms. The Labute approximate surface area is 76.3 Å². The molecule has 0 radical (unpaired) electrons. The van der Waals surface area contributed by atoms with Crippen LogP contribution in [0.2, 0.25) is 0 Å². The maximum atomic E-state index is 11.5. The Morgan fingerprint density at radius 1 is 0.923 bits per heavy atom. The van der Waals surface area contributed by atoms with Gasteiger partial charge in [0.15, 0.2) is 11.6 Å². The van der Waals surface area contributed by atoms with Crippen molar-refractivity contribution >= 4 is 11.6 Å². The number of carbonyl (C=O) groups is 2. The molecular weight excluding hydrogens is 164 g/mol. The first-order chi connectivity index (χ1) is 6.27. The Balaban J connectivity index is 2.17. The van der Waals surface area contributed by atoms with Crippen LogP contribution >= 0.6 is 0 Å². The molecule has 0 aromatic heterocycles. The van der Waals surface area contributed by atoms with Crippen LogP contribution in [0.1, 0.15) is 19.3 Å². The van der Waals surface area contributed by atoms with Crippen molar-refractivity contribution in [2.45, 2.75) is 19.3 Å². The molecule has 2 unspecified atom stereocenters. The van der Waals surface area contributed by atoms with E-state index in [0.717, 1.165) is 30.4 Å². The van der Waals surface area contributed by atoms with Crippen LogP contribution in [0.4, 0.5) is 0 Å². The van der Waals surface area contributed by atoms with Gasteiger partial charge in [0.05, 0.1) is 0 Å². The Hall–Kier alpha value is -1.18. The molecule has 2 nitrogen and oxygen atoms in total. The van der Waals surface area contributed by atoms with Crippen LogP contribution in [0.5, 0.6) is 0 Å². The lowest BCUT2D eigenvalue weighted by atomic mass is 9.84. The normalized spacial score (nSPS) is 36.0. The Morgan fingerprint density at radius 2 is 1.38 bits per heavy atom. The molecule has 0 heterocycles. The zero-order valence-electron chi connectivity index (χ0n) is 7.25. The average Bonchev–Trinajstić information content (AvgIpc) is 2.70. The lowest BCUT2D eigenvalue weighted by Crippen LogP contribution is -2.19. The number of hydrogen-bond donors (Lipinski definition) is 0. The molecule has 2 bridgehead atoms. The highest BCUT2D eigenvalue weighted by Gasteiger charge is 2.44. The van der Waals surface area contributed by atoms with Crippen molar-refractivity contribution in [3.63, 3.8) is 0 Å². The van der Waals surface area contributed by atoms with E-state index in [-0.39, 0.29) is 11.6 Å². The second kappa shape index (κ2) is 2.19. The van der Waals surface area contributed by atoms with E-state index < -0.39 is 0 Å². The summed E-state index contributed by atoms with van der Waals surface area (Å²) >= 11 is 0. The minimum atomic E-state index is 0.0850. The summed E-state index contributed by atoms with van der Waals surface area (Å²) in [5, 5.41) is 0. The summed E-state index contributed by atoms with van der Waals surface area (Å²) in [6.45, 7) is 0. The van der Waals surface area contributed by atoms with Crippen molar-refractivity contribution in [1.82, 2.24) is 0 Å². The zero-order chi connectivity index (χ0) is 9.00. The van der Waals surface area contributed by atoms with Crippen LogP contribution in [0.3, 0.4) is 0 Å². The van der Waals surface area contributed by atoms with Crippen molar-refractivity contribution in [2.24, 2.45) is 11.8 Å². The second-order valence-corrected chi connectivity index (χ2v) is 4.10. The molecule has 66 valence electrons. The summed E-state index contributed by atoms with van der Waals surface area (Å²) in [4.78, 5) is 23.0. The third-order valence-corrected chi connectivity index (χ3v) is 3.46. The molecule has 0 aromatic rings. The summed E-state index contributed by atoms with van der Waals surface area (Å²) in [5.41, 5.74) is 1.70. The summed E-state index contributed by atoms with van der Waals surface area (Å²) in [5.74, 6) is 0.978. The largest absolute Gasteiger partial charge is 0.290 e. The maximum absolute atomic E-state index is 11.5. The topological polar surface area (TPSA) is 34.1 Å². The van der Waals surface area contributed by atoms with E-state index in [0.29, 0.717) is 11.8 Å². The van der Waals surface area contributed by atoms with Crippen LogP contribution in [-0.4, -0.2) is 11.6 Å². The van der Waals surface area contributed by atoms with E-state index in [1.807, 2.05) is 0 Å². The minimum Gasteiger partial charge on any atom is -0.290 e. The third kappa shape index (κ3) is 0.781. The van der Waals surface area contributed by atoms with Crippen LogP contribution in [0, 0.1) is 11.8 Å². The molecule has 0 aromatic carbocycles. The van der Waals surface area contributed by atoms with E-state index in [1.165, 1.54) is 12.2 Å². The number of fused-ring (bicyclic) bond motifs is 4. The molecule has 2 atom stereocenters. The predicted octanol–water partition coefficient (Wildman–Crippen LogP) is 1.42. The fraction of sp³-hybridized carbons (Fsp3) is 0.455. The molecule has 2 heteroatoms. The van der Waals surface area contributed by atoms with Crippen molar-refractivity contribution in [3.05, 3.63) is 23.3 Å². The number of ketones is 2. The molecule has 0 N–H and O–H groups in total. The molecule has 3 rings (SSSR count). The number of allylic oxidation sites excluding steroid dienone is 4. The van der Waals surface area contributed by atoms with Crippen molar-refractivity contribution < 1.29 is 9.59 Å². The maximum Gasteiger partial charge on any atom is 0.182 e. The van der Waals surface area contributed by atoms with Gasteiger partial charge in [-0.2, -0.15) is 0 Å². The van der Waals surface area contributed by atoms with Crippen LogP contribution in [0.25, 0.3) is 0 Å². The van der Waals surface area contributed by atoms with Gasteiger partial charge in [-0.15, -0.1) is 0 Å². The highest BCUT2D eigenvalue weighted by atomic mass is 16.1. The van der Waals surface area contributed by atoms with E-state index in [9.17, 15) is 9.59 Å². The Bertz CT molecular complexity index is 340. The van der Waals surface area contributed by atoms with E-state index in [2.05, 4.69) is 0 Å². The third-order valence-electron chi connectivity index (χ3n) is 3.46. The lowest BCUT2D eigenvalue weighted by molar-refractivity contribution is -0.115. The number of carbonyl (C=O) groups excluding carboxylic acids is 2. The van der Waals surface area contributed by atoms with E-state index in [4.69, 9.17) is 0 Å². The van der Waals surface area contributed by atoms with Gasteiger partial charge in [0, 0.05) is 11.1 Å². The van der Waals surface area contributed by atoms with Gasteiger partial charge < -0.3 is 0 Å².